The van der Waals surface area contributed by atoms with Crippen LogP contribution in [-0.2, 0) is 0 Å². The quantitative estimate of drug-likeness (QED) is 0.902. The van der Waals surface area contributed by atoms with E-state index in [1.54, 1.807) is 17.5 Å². The monoisotopic (exact) mass is 277 g/mol. The first-order chi connectivity index (χ1) is 9.06. The minimum atomic E-state index is -0.0605. The molecule has 0 aliphatic rings. The van der Waals surface area contributed by atoms with Gasteiger partial charge in [0.05, 0.1) is 11.3 Å². The van der Waals surface area contributed by atoms with Crippen LogP contribution in [0.5, 0.6) is 0 Å². The van der Waals surface area contributed by atoms with Crippen molar-refractivity contribution in [2.75, 3.05) is 12.4 Å². The highest BCUT2D eigenvalue weighted by Crippen LogP contribution is 2.33. The van der Waals surface area contributed by atoms with E-state index < -0.39 is 0 Å². The maximum absolute atomic E-state index is 12.1. The zero-order valence-corrected chi connectivity index (χ0v) is 12.5. The third-order valence-corrected chi connectivity index (χ3v) is 4.25. The average Bonchev–Trinajstić information content (AvgIpc) is 2.72. The van der Waals surface area contributed by atoms with Gasteiger partial charge in [0.1, 0.15) is 4.83 Å². The Hall–Kier alpha value is -1.62. The summed E-state index contributed by atoms with van der Waals surface area (Å²) >= 11 is 1.64. The molecule has 0 aromatic carbocycles. The lowest BCUT2D eigenvalue weighted by Gasteiger charge is -2.11. The molecule has 1 atom stereocenters. The molecule has 0 saturated carbocycles. The van der Waals surface area contributed by atoms with Gasteiger partial charge in [0.15, 0.2) is 0 Å². The third kappa shape index (κ3) is 2.71. The molecule has 2 N–H and O–H groups in total. The Morgan fingerprint density at radius 2 is 2.26 bits per heavy atom. The van der Waals surface area contributed by atoms with Crippen molar-refractivity contribution in [3.05, 3.63) is 22.7 Å². The Kier molecular flexibility index (Phi) is 4.04. The summed E-state index contributed by atoms with van der Waals surface area (Å²) in [5, 5.41) is 7.15. The molecule has 0 aliphatic heterocycles. The molecule has 2 aromatic rings. The second kappa shape index (κ2) is 5.57. The van der Waals surface area contributed by atoms with Gasteiger partial charge in [0.25, 0.3) is 5.91 Å². The van der Waals surface area contributed by atoms with Gasteiger partial charge in [-0.3, -0.25) is 4.79 Å². The summed E-state index contributed by atoms with van der Waals surface area (Å²) in [5.41, 5.74) is 1.67. The number of nitrogens with zero attached hydrogens (tertiary/aromatic N) is 1. The fourth-order valence-corrected chi connectivity index (χ4v) is 2.92. The van der Waals surface area contributed by atoms with E-state index in [1.165, 1.54) is 4.88 Å². The number of amides is 1. The van der Waals surface area contributed by atoms with Crippen molar-refractivity contribution in [1.29, 1.82) is 0 Å². The lowest BCUT2D eigenvalue weighted by atomic mass is 10.2. The number of nitrogens with one attached hydrogen (secondary N) is 2. The maximum Gasteiger partial charge on any atom is 0.253 e. The average molecular weight is 277 g/mol. The van der Waals surface area contributed by atoms with Crippen LogP contribution < -0.4 is 10.6 Å². The second-order valence-electron chi connectivity index (χ2n) is 4.64. The molecule has 4 nitrogen and oxygen atoms in total. The molecule has 1 amide bonds. The van der Waals surface area contributed by atoms with E-state index in [2.05, 4.69) is 22.5 Å². The maximum atomic E-state index is 12.1. The molecule has 0 unspecified atom stereocenters. The number of thiophene rings is 1. The van der Waals surface area contributed by atoms with Crippen LogP contribution >= 0.6 is 11.3 Å². The van der Waals surface area contributed by atoms with E-state index in [1.807, 2.05) is 27.0 Å². The number of carbonyl (C=O) groups is 1. The minimum absolute atomic E-state index is 0.0605. The summed E-state index contributed by atoms with van der Waals surface area (Å²) in [5.74, 6) is -0.0605. The summed E-state index contributed by atoms with van der Waals surface area (Å²) in [7, 11) is 1.89. The molecule has 0 aliphatic carbocycles. The van der Waals surface area contributed by atoms with Crippen LogP contribution in [0.25, 0.3) is 10.2 Å². The second-order valence-corrected chi connectivity index (χ2v) is 5.85. The molecule has 2 rings (SSSR count). The number of pyridine rings is 1. The lowest BCUT2D eigenvalue weighted by Crippen LogP contribution is -2.31. The molecule has 5 heteroatoms. The highest BCUT2D eigenvalue weighted by atomic mass is 32.1. The number of hydrogen-bond donors (Lipinski definition) is 2. The highest BCUT2D eigenvalue weighted by Gasteiger charge is 2.13. The van der Waals surface area contributed by atoms with Crippen LogP contribution in [-0.4, -0.2) is 24.0 Å². The number of anilines is 1. The van der Waals surface area contributed by atoms with Gasteiger partial charge in [0.2, 0.25) is 0 Å². The van der Waals surface area contributed by atoms with Crippen LogP contribution in [0.15, 0.2) is 12.3 Å². The van der Waals surface area contributed by atoms with Crippen molar-refractivity contribution in [3.63, 3.8) is 0 Å². The zero-order chi connectivity index (χ0) is 14.0. The number of fused-ring (bicyclic) bond motifs is 1. The number of rotatable bonds is 4. The third-order valence-electron chi connectivity index (χ3n) is 3.22. The standard InChI is InChI=1S/C14H19N3OS/c1-5-8(2)17-13(18)10-6-11-12(15-4)9(3)19-14(11)16-7-10/h6-8,15H,5H2,1-4H3,(H,17,18)/t8-/m0/s1. The number of aryl methyl sites for hydroxylation is 1. The molecule has 102 valence electrons. The summed E-state index contributed by atoms with van der Waals surface area (Å²) in [6.45, 7) is 6.10. The molecular weight excluding hydrogens is 258 g/mol. The molecule has 2 heterocycles. The summed E-state index contributed by atoms with van der Waals surface area (Å²) in [6.07, 6.45) is 2.57. The highest BCUT2D eigenvalue weighted by molar-refractivity contribution is 7.19. The molecule has 0 spiro atoms. The Balaban J connectivity index is 2.37. The van der Waals surface area contributed by atoms with Gasteiger partial charge >= 0.3 is 0 Å². The normalized spacial score (nSPS) is 12.4. The van der Waals surface area contributed by atoms with Crippen LogP contribution in [0.2, 0.25) is 0 Å². The predicted octanol–water partition coefficient (Wildman–Crippen LogP) is 3.17. The van der Waals surface area contributed by atoms with E-state index in [0.29, 0.717) is 5.56 Å². The Bertz CT molecular complexity index is 606. The van der Waals surface area contributed by atoms with E-state index >= 15 is 0 Å². The van der Waals surface area contributed by atoms with Crippen molar-refractivity contribution in [2.45, 2.75) is 33.2 Å². The van der Waals surface area contributed by atoms with E-state index in [0.717, 1.165) is 22.3 Å². The Morgan fingerprint density at radius 1 is 1.53 bits per heavy atom. The topological polar surface area (TPSA) is 54.0 Å². The fourth-order valence-electron chi connectivity index (χ4n) is 1.94. The summed E-state index contributed by atoms with van der Waals surface area (Å²) < 4.78 is 0. The Morgan fingerprint density at radius 3 is 2.89 bits per heavy atom. The molecular formula is C14H19N3OS. The van der Waals surface area contributed by atoms with Gasteiger partial charge < -0.3 is 10.6 Å². The van der Waals surface area contributed by atoms with E-state index in [9.17, 15) is 4.79 Å². The Labute approximate surface area is 117 Å². The van der Waals surface area contributed by atoms with Gasteiger partial charge in [0, 0.05) is 29.5 Å². The molecule has 0 saturated heterocycles. The smallest absolute Gasteiger partial charge is 0.253 e. The molecule has 2 aromatic heterocycles. The molecule has 0 radical (unpaired) electrons. The molecule has 19 heavy (non-hydrogen) atoms. The number of hydrogen-bond acceptors (Lipinski definition) is 4. The van der Waals surface area contributed by atoms with Crippen LogP contribution in [0.4, 0.5) is 5.69 Å². The van der Waals surface area contributed by atoms with Crippen molar-refractivity contribution >= 4 is 33.1 Å². The summed E-state index contributed by atoms with van der Waals surface area (Å²) in [4.78, 5) is 18.6. The van der Waals surface area contributed by atoms with Crippen LogP contribution in [0.3, 0.4) is 0 Å². The predicted molar refractivity (Wildman–Crippen MR) is 81.1 cm³/mol. The first kappa shape index (κ1) is 13.8. The zero-order valence-electron chi connectivity index (χ0n) is 11.7. The first-order valence-corrected chi connectivity index (χ1v) is 7.26. The van der Waals surface area contributed by atoms with Gasteiger partial charge in [-0.2, -0.15) is 0 Å². The van der Waals surface area contributed by atoms with Gasteiger partial charge in [-0.25, -0.2) is 4.98 Å². The fraction of sp³-hybridized carbons (Fsp3) is 0.429. The largest absolute Gasteiger partial charge is 0.387 e. The number of aromatic nitrogens is 1. The molecule has 0 bridgehead atoms. The lowest BCUT2D eigenvalue weighted by molar-refractivity contribution is 0.0939. The van der Waals surface area contributed by atoms with Crippen molar-refractivity contribution in [2.24, 2.45) is 0 Å². The SMILES string of the molecule is CC[C@H](C)NC(=O)c1cnc2sc(C)c(NC)c2c1. The van der Waals surface area contributed by atoms with Gasteiger partial charge in [-0.15, -0.1) is 11.3 Å². The van der Waals surface area contributed by atoms with Gasteiger partial charge in [-0.05, 0) is 26.3 Å². The first-order valence-electron chi connectivity index (χ1n) is 6.44. The molecule has 0 fully saturated rings. The van der Waals surface area contributed by atoms with Gasteiger partial charge in [-0.1, -0.05) is 6.92 Å². The van der Waals surface area contributed by atoms with Crippen LogP contribution in [0.1, 0.15) is 35.5 Å². The van der Waals surface area contributed by atoms with E-state index in [4.69, 9.17) is 0 Å². The number of carbonyl (C=O) groups excluding carboxylic acids is 1. The van der Waals surface area contributed by atoms with Crippen molar-refractivity contribution in [3.8, 4) is 0 Å². The van der Waals surface area contributed by atoms with Crippen molar-refractivity contribution < 1.29 is 4.79 Å². The van der Waals surface area contributed by atoms with Crippen molar-refractivity contribution in [1.82, 2.24) is 10.3 Å². The van der Waals surface area contributed by atoms with E-state index in [-0.39, 0.29) is 11.9 Å². The summed E-state index contributed by atoms with van der Waals surface area (Å²) in [6, 6.07) is 2.09. The minimum Gasteiger partial charge on any atom is -0.387 e. The van der Waals surface area contributed by atoms with Crippen LogP contribution in [0, 0.1) is 6.92 Å².